The van der Waals surface area contributed by atoms with Gasteiger partial charge >= 0.3 is 0 Å². The lowest BCUT2D eigenvalue weighted by molar-refractivity contribution is -0.142. The van der Waals surface area contributed by atoms with Crippen LogP contribution in [0, 0.1) is 5.92 Å². The van der Waals surface area contributed by atoms with E-state index in [2.05, 4.69) is 42.2 Å². The number of nitrogens with two attached hydrogens (primary N) is 3. The Balaban J connectivity index is 1.65. The summed E-state index contributed by atoms with van der Waals surface area (Å²) in [6, 6.07) is 1.76. The van der Waals surface area contributed by atoms with Crippen LogP contribution in [0.3, 0.4) is 0 Å². The molecule has 1 aromatic carbocycles. The number of aliphatic imine (C=N–C) groups is 1. The van der Waals surface area contributed by atoms with Gasteiger partial charge in [0.05, 0.1) is 6.42 Å². The van der Waals surface area contributed by atoms with Crippen molar-refractivity contribution in [1.82, 2.24) is 42.1 Å². The molecule has 13 N–H and O–H groups in total. The van der Waals surface area contributed by atoms with Crippen molar-refractivity contribution < 1.29 is 43.2 Å². The summed E-state index contributed by atoms with van der Waals surface area (Å²) in [4.78, 5) is 129. The van der Waals surface area contributed by atoms with E-state index in [-0.39, 0.29) is 63.3 Å². The maximum atomic E-state index is 14.5. The Morgan fingerprint density at radius 2 is 1.54 bits per heavy atom. The van der Waals surface area contributed by atoms with E-state index >= 15 is 0 Å². The smallest absolute Gasteiger partial charge is 0.246 e. The number of thioether (sulfide) groups is 1. The summed E-state index contributed by atoms with van der Waals surface area (Å²) in [5.74, 6) is -6.75. The van der Waals surface area contributed by atoms with Gasteiger partial charge in [0.15, 0.2) is 5.96 Å². The van der Waals surface area contributed by atoms with E-state index in [4.69, 9.17) is 28.8 Å². The lowest BCUT2D eigenvalue weighted by atomic mass is 10.0. The van der Waals surface area contributed by atoms with Crippen LogP contribution in [0.25, 0.3) is 0 Å². The summed E-state index contributed by atoms with van der Waals surface area (Å²) < 4.78 is 0. The highest BCUT2D eigenvalue weighted by Gasteiger charge is 2.40. The van der Waals surface area contributed by atoms with E-state index in [0.717, 1.165) is 4.88 Å². The van der Waals surface area contributed by atoms with E-state index in [0.29, 0.717) is 29.2 Å². The van der Waals surface area contributed by atoms with Crippen LogP contribution < -0.4 is 54.4 Å². The van der Waals surface area contributed by atoms with Crippen LogP contribution in [0.4, 0.5) is 0 Å². The van der Waals surface area contributed by atoms with Crippen LogP contribution in [0.5, 0.6) is 0 Å². The lowest BCUT2D eigenvalue weighted by Crippen LogP contribution is -2.61. The highest BCUT2D eigenvalue weighted by atomic mass is 35.5. The zero-order chi connectivity index (χ0) is 49.9. The standard InChI is InChI=1S/C44H63ClN12O9S2/c1-24(2)36-42(65)54-31(22-34(46)58)39(62)55-32(43(66)57-17-5-10-33(57)41(64)52-28(37(60)49-3)9-4-16-50-44(47)48)23-67-18-7-11-35(59)51-29(20-25-12-14-26(45)15-13-25)38(61)53-30(40(63)56-36)21-27-8-6-19-68-27/h6,8,12-15,19,24,28-33,36H,4-5,7,9-11,16-18,20-23H2,1-3H3,(H2,46,58)(H,49,60)(H,51,59)(H,52,64)(H,53,61)(H,54,65)(H,55,62)(H,56,63)(H4,47,48,50)/t28-,29-,30-,31-,32-,33-,36-/m0/s1. The molecule has 21 nitrogen and oxygen atoms in total. The van der Waals surface area contributed by atoms with Gasteiger partial charge in [0.1, 0.15) is 42.3 Å². The Labute approximate surface area is 408 Å². The molecule has 2 fully saturated rings. The van der Waals surface area contributed by atoms with Crippen molar-refractivity contribution in [3.63, 3.8) is 0 Å². The van der Waals surface area contributed by atoms with Crippen molar-refractivity contribution in [2.75, 3.05) is 31.6 Å². The molecular weight excluding hydrogens is 940 g/mol. The van der Waals surface area contributed by atoms with Gasteiger partial charge in [-0.25, -0.2) is 0 Å². The summed E-state index contributed by atoms with van der Waals surface area (Å²) >= 11 is 8.70. The second-order valence-corrected chi connectivity index (χ2v) is 19.4. The maximum Gasteiger partial charge on any atom is 0.246 e. The molecule has 0 aliphatic carbocycles. The molecule has 24 heteroatoms. The van der Waals surface area contributed by atoms with Gasteiger partial charge in [-0.1, -0.05) is 43.6 Å². The summed E-state index contributed by atoms with van der Waals surface area (Å²) in [6.45, 7) is 3.65. The fraction of sp³-hybridized carbons (Fsp3) is 0.545. The molecule has 0 bridgehead atoms. The van der Waals surface area contributed by atoms with Gasteiger partial charge in [0, 0.05) is 55.1 Å². The highest BCUT2D eigenvalue weighted by molar-refractivity contribution is 7.99. The normalized spacial score (nSPS) is 22.9. The Hall–Kier alpha value is -5.94. The number of nitrogens with zero attached hydrogens (tertiary/aromatic N) is 2. The predicted molar refractivity (Wildman–Crippen MR) is 259 cm³/mol. The fourth-order valence-corrected chi connectivity index (χ4v) is 9.46. The number of benzene rings is 1. The number of hydrogen-bond donors (Lipinski definition) is 10. The van der Waals surface area contributed by atoms with E-state index in [1.807, 2.05) is 5.38 Å². The number of likely N-dealkylation sites (N-methyl/N-ethyl adjacent to an activating group) is 1. The van der Waals surface area contributed by atoms with Crippen LogP contribution in [0.2, 0.25) is 5.02 Å². The van der Waals surface area contributed by atoms with Crippen molar-refractivity contribution in [2.24, 2.45) is 28.1 Å². The van der Waals surface area contributed by atoms with E-state index in [9.17, 15) is 43.2 Å². The highest BCUT2D eigenvalue weighted by Crippen LogP contribution is 2.22. The van der Waals surface area contributed by atoms with Crippen molar-refractivity contribution in [3.05, 3.63) is 57.2 Å². The number of rotatable bonds is 15. The molecule has 9 amide bonds. The third-order valence-electron chi connectivity index (χ3n) is 11.2. The van der Waals surface area contributed by atoms with Crippen molar-refractivity contribution in [3.8, 4) is 0 Å². The monoisotopic (exact) mass is 1000 g/mol. The number of carbonyl (C=O) groups is 9. The zero-order valence-electron chi connectivity index (χ0n) is 38.3. The Morgan fingerprint density at radius 1 is 0.868 bits per heavy atom. The second-order valence-electron chi connectivity index (χ2n) is 16.8. The largest absolute Gasteiger partial charge is 0.370 e. The Bertz CT molecular complexity index is 2120. The summed E-state index contributed by atoms with van der Waals surface area (Å²) in [6.07, 6.45) is 0.896. The summed E-state index contributed by atoms with van der Waals surface area (Å²) in [5, 5.41) is 21.1. The molecule has 0 saturated carbocycles. The van der Waals surface area contributed by atoms with Crippen molar-refractivity contribution >= 4 is 93.8 Å². The summed E-state index contributed by atoms with van der Waals surface area (Å²) in [7, 11) is 1.42. The van der Waals surface area contributed by atoms with Crippen LogP contribution >= 0.6 is 34.7 Å². The SMILES string of the molecule is CNC(=O)[C@H](CCCN=C(N)N)NC(=O)[C@@H]1CCCN1C(=O)[C@@H]1CSCCCC(=O)N[C@@H](Cc2ccc(Cl)cc2)C(=O)N[C@@H](Cc2cccs2)C(=O)N[C@@H](C(C)C)C(=O)N[C@@H](CC(N)=O)C(=O)N1. The van der Waals surface area contributed by atoms with Gasteiger partial charge in [-0.05, 0) is 72.9 Å². The second kappa shape index (κ2) is 27.2. The van der Waals surface area contributed by atoms with E-state index < -0.39 is 108 Å². The fourth-order valence-electron chi connectivity index (χ4n) is 7.60. The number of guanidine groups is 1. The topological polar surface area (TPSA) is 331 Å². The number of thiophene rings is 1. The van der Waals surface area contributed by atoms with Gasteiger partial charge in [-0.3, -0.25) is 48.1 Å². The predicted octanol–water partition coefficient (Wildman–Crippen LogP) is -1.06. The number of hydrogen-bond acceptors (Lipinski definition) is 12. The number of halogens is 1. The van der Waals surface area contributed by atoms with Gasteiger partial charge in [0.2, 0.25) is 53.2 Å². The zero-order valence-corrected chi connectivity index (χ0v) is 40.7. The molecule has 3 heterocycles. The number of carbonyl (C=O) groups excluding carboxylic acids is 9. The molecule has 2 saturated heterocycles. The third kappa shape index (κ3) is 17.3. The average Bonchev–Trinajstić information content (AvgIpc) is 4.00. The maximum absolute atomic E-state index is 14.5. The molecule has 7 atom stereocenters. The first kappa shape index (κ1) is 54.7. The van der Waals surface area contributed by atoms with Gasteiger partial charge in [0.25, 0.3) is 0 Å². The quantitative estimate of drug-likeness (QED) is 0.0581. The van der Waals surface area contributed by atoms with Crippen LogP contribution in [0.15, 0.2) is 46.8 Å². The lowest BCUT2D eigenvalue weighted by Gasteiger charge is -2.31. The van der Waals surface area contributed by atoms with Gasteiger partial charge < -0.3 is 59.3 Å². The minimum atomic E-state index is -1.60. The van der Waals surface area contributed by atoms with E-state index in [1.165, 1.54) is 35.0 Å². The van der Waals surface area contributed by atoms with Crippen molar-refractivity contribution in [2.45, 2.75) is 114 Å². The van der Waals surface area contributed by atoms with Gasteiger partial charge in [-0.2, -0.15) is 11.8 Å². The first-order chi connectivity index (χ1) is 32.4. The van der Waals surface area contributed by atoms with E-state index in [1.54, 1.807) is 50.2 Å². The molecule has 0 spiro atoms. The van der Waals surface area contributed by atoms with Crippen molar-refractivity contribution in [1.29, 1.82) is 0 Å². The molecular formula is C44H63ClN12O9S2. The van der Waals surface area contributed by atoms with Crippen LogP contribution in [0.1, 0.15) is 69.2 Å². The minimum Gasteiger partial charge on any atom is -0.370 e. The number of likely N-dealkylation sites (tertiary alicyclic amines) is 1. The summed E-state index contributed by atoms with van der Waals surface area (Å²) in [5.41, 5.74) is 17.1. The molecule has 2 aliphatic heterocycles. The molecule has 0 unspecified atom stereocenters. The minimum absolute atomic E-state index is 0.0307. The van der Waals surface area contributed by atoms with Crippen LogP contribution in [-0.2, 0) is 56.0 Å². The molecule has 4 rings (SSSR count). The molecule has 2 aliphatic rings. The first-order valence-electron chi connectivity index (χ1n) is 22.4. The third-order valence-corrected chi connectivity index (χ3v) is 13.5. The molecule has 68 heavy (non-hydrogen) atoms. The molecule has 372 valence electrons. The molecule has 0 radical (unpaired) electrons. The Morgan fingerprint density at radius 3 is 2.19 bits per heavy atom. The number of amides is 9. The number of nitrogens with one attached hydrogen (secondary N) is 7. The average molecular weight is 1000 g/mol. The molecule has 1 aromatic heterocycles. The number of primary amides is 1. The Kier molecular flexibility index (Phi) is 21.8. The van der Waals surface area contributed by atoms with Crippen LogP contribution in [-0.4, -0.2) is 138 Å². The van der Waals surface area contributed by atoms with Gasteiger partial charge in [-0.15, -0.1) is 11.3 Å². The molecule has 2 aromatic rings. The first-order valence-corrected chi connectivity index (χ1v) is 24.8.